The van der Waals surface area contributed by atoms with Crippen LogP contribution in [0.1, 0.15) is 21.7 Å². The van der Waals surface area contributed by atoms with Crippen molar-refractivity contribution in [3.05, 3.63) is 53.5 Å². The van der Waals surface area contributed by atoms with Crippen LogP contribution in [0.5, 0.6) is 0 Å². The van der Waals surface area contributed by atoms with E-state index in [1.807, 2.05) is 44.3 Å². The van der Waals surface area contributed by atoms with Gasteiger partial charge in [0.05, 0.1) is 6.26 Å². The normalized spacial score (nSPS) is 10.2. The smallest absolute Gasteiger partial charge is 0.150 e. The van der Waals surface area contributed by atoms with Crippen LogP contribution >= 0.6 is 0 Å². The standard InChI is InChI=1S/C14H15NO2/c1-11-13(7-8-17-11)9-15(2)14-5-3-12(10-16)4-6-14/h3-8,10H,9H2,1-2H3. The number of hydrogen-bond donors (Lipinski definition) is 0. The van der Waals surface area contributed by atoms with Crippen LogP contribution in [0.25, 0.3) is 0 Å². The Morgan fingerprint density at radius 2 is 1.94 bits per heavy atom. The lowest BCUT2D eigenvalue weighted by molar-refractivity contribution is 0.112. The van der Waals surface area contributed by atoms with Crippen molar-refractivity contribution in [2.75, 3.05) is 11.9 Å². The van der Waals surface area contributed by atoms with Crippen molar-refractivity contribution in [2.24, 2.45) is 0 Å². The molecule has 0 radical (unpaired) electrons. The number of rotatable bonds is 4. The predicted molar refractivity (Wildman–Crippen MR) is 67.4 cm³/mol. The molecule has 0 unspecified atom stereocenters. The molecular formula is C14H15NO2. The van der Waals surface area contributed by atoms with Crippen LogP contribution in [0.15, 0.2) is 41.0 Å². The summed E-state index contributed by atoms with van der Waals surface area (Å²) in [6.07, 6.45) is 2.55. The van der Waals surface area contributed by atoms with Crippen LogP contribution in [0, 0.1) is 6.92 Å². The van der Waals surface area contributed by atoms with Crippen molar-refractivity contribution in [1.29, 1.82) is 0 Å². The molecule has 0 spiro atoms. The molecule has 2 rings (SSSR count). The number of aldehydes is 1. The monoisotopic (exact) mass is 229 g/mol. The second-order valence-electron chi connectivity index (χ2n) is 4.07. The highest BCUT2D eigenvalue weighted by Crippen LogP contribution is 2.18. The number of hydrogen-bond acceptors (Lipinski definition) is 3. The summed E-state index contributed by atoms with van der Waals surface area (Å²) in [4.78, 5) is 12.7. The zero-order valence-electron chi connectivity index (χ0n) is 10.0. The first-order valence-corrected chi connectivity index (χ1v) is 5.50. The van der Waals surface area contributed by atoms with E-state index in [1.54, 1.807) is 6.26 Å². The van der Waals surface area contributed by atoms with Gasteiger partial charge in [0, 0.05) is 30.4 Å². The molecule has 2 aromatic rings. The van der Waals surface area contributed by atoms with E-state index >= 15 is 0 Å². The second-order valence-corrected chi connectivity index (χ2v) is 4.07. The van der Waals surface area contributed by atoms with Gasteiger partial charge in [-0.1, -0.05) is 0 Å². The third-order valence-corrected chi connectivity index (χ3v) is 2.84. The lowest BCUT2D eigenvalue weighted by Gasteiger charge is -2.18. The molecule has 0 N–H and O–H groups in total. The van der Waals surface area contributed by atoms with Crippen LogP contribution in [0.4, 0.5) is 5.69 Å². The number of benzene rings is 1. The number of carbonyl (C=O) groups is 1. The minimum absolute atomic E-state index is 0.696. The van der Waals surface area contributed by atoms with Crippen molar-refractivity contribution in [2.45, 2.75) is 13.5 Å². The van der Waals surface area contributed by atoms with Gasteiger partial charge < -0.3 is 9.32 Å². The summed E-state index contributed by atoms with van der Waals surface area (Å²) in [5, 5.41) is 0. The summed E-state index contributed by atoms with van der Waals surface area (Å²) in [5.74, 6) is 0.946. The molecule has 0 aliphatic heterocycles. The molecule has 1 heterocycles. The topological polar surface area (TPSA) is 33.5 Å². The lowest BCUT2D eigenvalue weighted by atomic mass is 10.2. The summed E-state index contributed by atoms with van der Waals surface area (Å²) in [6, 6.07) is 9.51. The third kappa shape index (κ3) is 2.56. The fraction of sp³-hybridized carbons (Fsp3) is 0.214. The zero-order chi connectivity index (χ0) is 12.3. The van der Waals surface area contributed by atoms with Gasteiger partial charge in [0.2, 0.25) is 0 Å². The molecule has 1 aromatic heterocycles. The summed E-state index contributed by atoms with van der Waals surface area (Å²) in [6.45, 7) is 2.75. The first kappa shape index (κ1) is 11.5. The first-order chi connectivity index (χ1) is 8.20. The minimum atomic E-state index is 0.696. The summed E-state index contributed by atoms with van der Waals surface area (Å²) < 4.78 is 5.26. The summed E-state index contributed by atoms with van der Waals surface area (Å²) in [7, 11) is 2.02. The van der Waals surface area contributed by atoms with E-state index in [1.165, 1.54) is 5.56 Å². The molecule has 0 aliphatic carbocycles. The van der Waals surface area contributed by atoms with E-state index < -0.39 is 0 Å². The van der Waals surface area contributed by atoms with E-state index in [0.29, 0.717) is 5.56 Å². The molecule has 0 fully saturated rings. The number of nitrogens with zero attached hydrogens (tertiary/aromatic N) is 1. The van der Waals surface area contributed by atoms with E-state index in [4.69, 9.17) is 4.42 Å². The Hall–Kier alpha value is -2.03. The van der Waals surface area contributed by atoms with Gasteiger partial charge in [-0.15, -0.1) is 0 Å². The number of carbonyl (C=O) groups excluding carboxylic acids is 1. The van der Waals surface area contributed by atoms with Crippen LogP contribution < -0.4 is 4.90 Å². The van der Waals surface area contributed by atoms with Gasteiger partial charge in [-0.2, -0.15) is 0 Å². The summed E-state index contributed by atoms with van der Waals surface area (Å²) in [5.41, 5.74) is 2.95. The average Bonchev–Trinajstić information content (AvgIpc) is 2.75. The minimum Gasteiger partial charge on any atom is -0.469 e. The van der Waals surface area contributed by atoms with E-state index in [9.17, 15) is 4.79 Å². The molecular weight excluding hydrogens is 214 g/mol. The molecule has 1 aromatic carbocycles. The third-order valence-electron chi connectivity index (χ3n) is 2.84. The molecule has 0 aliphatic rings. The highest BCUT2D eigenvalue weighted by molar-refractivity contribution is 5.75. The van der Waals surface area contributed by atoms with Crippen LogP contribution in [0.3, 0.4) is 0 Å². The van der Waals surface area contributed by atoms with E-state index in [0.717, 1.165) is 24.3 Å². The van der Waals surface area contributed by atoms with Gasteiger partial charge in [0.15, 0.2) is 0 Å². The zero-order valence-corrected chi connectivity index (χ0v) is 10.0. The highest BCUT2D eigenvalue weighted by atomic mass is 16.3. The molecule has 0 bridgehead atoms. The Morgan fingerprint density at radius 1 is 1.24 bits per heavy atom. The molecule has 3 nitrogen and oxygen atoms in total. The van der Waals surface area contributed by atoms with Gasteiger partial charge in [-0.3, -0.25) is 4.79 Å². The maximum Gasteiger partial charge on any atom is 0.150 e. The largest absolute Gasteiger partial charge is 0.469 e. The van der Waals surface area contributed by atoms with E-state index in [2.05, 4.69) is 4.90 Å². The van der Waals surface area contributed by atoms with Crippen molar-refractivity contribution < 1.29 is 9.21 Å². The quantitative estimate of drug-likeness (QED) is 0.755. The Labute approximate surface area is 101 Å². The number of aryl methyl sites for hydroxylation is 1. The number of anilines is 1. The summed E-state index contributed by atoms with van der Waals surface area (Å²) >= 11 is 0. The van der Waals surface area contributed by atoms with Gasteiger partial charge in [-0.05, 0) is 37.3 Å². The van der Waals surface area contributed by atoms with Gasteiger partial charge in [0.25, 0.3) is 0 Å². The van der Waals surface area contributed by atoms with Crippen molar-refractivity contribution in [3.63, 3.8) is 0 Å². The highest BCUT2D eigenvalue weighted by Gasteiger charge is 2.06. The van der Waals surface area contributed by atoms with Gasteiger partial charge in [-0.25, -0.2) is 0 Å². The SMILES string of the molecule is Cc1occc1CN(C)c1ccc(C=O)cc1. The van der Waals surface area contributed by atoms with Crippen LogP contribution in [0.2, 0.25) is 0 Å². The van der Waals surface area contributed by atoms with E-state index in [-0.39, 0.29) is 0 Å². The molecule has 0 amide bonds. The molecule has 17 heavy (non-hydrogen) atoms. The molecule has 0 saturated carbocycles. The predicted octanol–water partition coefficient (Wildman–Crippen LogP) is 3.04. The van der Waals surface area contributed by atoms with Crippen LogP contribution in [-0.2, 0) is 6.54 Å². The van der Waals surface area contributed by atoms with Crippen molar-refractivity contribution in [1.82, 2.24) is 0 Å². The van der Waals surface area contributed by atoms with Gasteiger partial charge >= 0.3 is 0 Å². The fourth-order valence-electron chi connectivity index (χ4n) is 1.73. The molecule has 88 valence electrons. The Kier molecular flexibility index (Phi) is 3.28. The maximum atomic E-state index is 10.6. The van der Waals surface area contributed by atoms with Crippen LogP contribution in [-0.4, -0.2) is 13.3 Å². The Morgan fingerprint density at radius 3 is 2.47 bits per heavy atom. The molecule has 3 heteroatoms. The second kappa shape index (κ2) is 4.87. The van der Waals surface area contributed by atoms with Gasteiger partial charge in [0.1, 0.15) is 12.0 Å². The Bertz CT molecular complexity index is 499. The fourth-order valence-corrected chi connectivity index (χ4v) is 1.73. The molecule has 0 saturated heterocycles. The average molecular weight is 229 g/mol. The number of furan rings is 1. The lowest BCUT2D eigenvalue weighted by Crippen LogP contribution is -2.16. The maximum absolute atomic E-state index is 10.6. The Balaban J connectivity index is 2.11. The first-order valence-electron chi connectivity index (χ1n) is 5.50. The van der Waals surface area contributed by atoms with Crippen molar-refractivity contribution >= 4 is 12.0 Å². The van der Waals surface area contributed by atoms with Crippen molar-refractivity contribution in [3.8, 4) is 0 Å². The molecule has 0 atom stereocenters.